The largest absolute Gasteiger partial charge is 0.421 e. The summed E-state index contributed by atoms with van der Waals surface area (Å²) in [6.07, 6.45) is 0. The van der Waals surface area contributed by atoms with Gasteiger partial charge in [0.1, 0.15) is 0 Å². The highest BCUT2D eigenvalue weighted by Gasteiger charge is 2.12. The smallest absolute Gasteiger partial charge is 0.247 e. The molecule has 0 radical (unpaired) electrons. The van der Waals surface area contributed by atoms with Gasteiger partial charge in [-0.2, -0.15) is 0 Å². The van der Waals surface area contributed by atoms with Gasteiger partial charge in [-0.05, 0) is 29.8 Å². The van der Waals surface area contributed by atoms with E-state index in [9.17, 15) is 8.42 Å². The SMILES string of the molecule is Cc1nnc(-c2ccc(NS(=O)(=O)Cc3ccccc3)cc2)o1. The lowest BCUT2D eigenvalue weighted by Crippen LogP contribution is -2.14. The summed E-state index contributed by atoms with van der Waals surface area (Å²) in [6, 6.07) is 15.8. The summed E-state index contributed by atoms with van der Waals surface area (Å²) < 4.78 is 32.2. The van der Waals surface area contributed by atoms with E-state index in [2.05, 4.69) is 14.9 Å². The number of benzene rings is 2. The Morgan fingerprint density at radius 2 is 1.70 bits per heavy atom. The molecule has 0 spiro atoms. The van der Waals surface area contributed by atoms with Gasteiger partial charge in [0.2, 0.25) is 21.8 Å². The molecule has 2 aromatic carbocycles. The zero-order valence-corrected chi connectivity index (χ0v) is 13.2. The number of aryl methyl sites for hydroxylation is 1. The van der Waals surface area contributed by atoms with Crippen molar-refractivity contribution in [3.05, 3.63) is 66.1 Å². The van der Waals surface area contributed by atoms with Gasteiger partial charge < -0.3 is 4.42 Å². The van der Waals surface area contributed by atoms with Crippen LogP contribution in [0, 0.1) is 6.92 Å². The molecule has 1 N–H and O–H groups in total. The zero-order chi connectivity index (χ0) is 16.3. The normalized spacial score (nSPS) is 11.3. The third-order valence-electron chi connectivity index (χ3n) is 3.13. The van der Waals surface area contributed by atoms with E-state index in [-0.39, 0.29) is 5.75 Å². The van der Waals surface area contributed by atoms with Crippen LogP contribution in [0.15, 0.2) is 59.0 Å². The Morgan fingerprint density at radius 3 is 2.30 bits per heavy atom. The van der Waals surface area contributed by atoms with Crippen molar-refractivity contribution in [1.29, 1.82) is 0 Å². The van der Waals surface area contributed by atoms with Crippen LogP contribution in [0.4, 0.5) is 5.69 Å². The maximum Gasteiger partial charge on any atom is 0.247 e. The van der Waals surface area contributed by atoms with Crippen molar-refractivity contribution in [2.45, 2.75) is 12.7 Å². The van der Waals surface area contributed by atoms with Gasteiger partial charge in [-0.3, -0.25) is 4.72 Å². The molecule has 118 valence electrons. The van der Waals surface area contributed by atoms with Crippen molar-refractivity contribution < 1.29 is 12.8 Å². The van der Waals surface area contributed by atoms with Crippen molar-refractivity contribution in [3.63, 3.8) is 0 Å². The average Bonchev–Trinajstić information content (AvgIpc) is 2.95. The summed E-state index contributed by atoms with van der Waals surface area (Å²) in [5.41, 5.74) is 1.95. The molecule has 0 unspecified atom stereocenters. The summed E-state index contributed by atoms with van der Waals surface area (Å²) in [6.45, 7) is 1.71. The second kappa shape index (κ2) is 6.21. The van der Waals surface area contributed by atoms with Crippen LogP contribution in [0.25, 0.3) is 11.5 Å². The van der Waals surface area contributed by atoms with E-state index in [1.54, 1.807) is 43.3 Å². The highest BCUT2D eigenvalue weighted by Crippen LogP contribution is 2.21. The number of hydrogen-bond donors (Lipinski definition) is 1. The molecule has 6 nitrogen and oxygen atoms in total. The molecule has 1 heterocycles. The quantitative estimate of drug-likeness (QED) is 0.778. The van der Waals surface area contributed by atoms with Crippen molar-refractivity contribution in [2.24, 2.45) is 0 Å². The first kappa shape index (κ1) is 15.2. The molecule has 7 heteroatoms. The lowest BCUT2D eigenvalue weighted by Gasteiger charge is -2.08. The molecule has 0 amide bonds. The Kier molecular flexibility index (Phi) is 4.12. The summed E-state index contributed by atoms with van der Waals surface area (Å²) >= 11 is 0. The van der Waals surface area contributed by atoms with Crippen LogP contribution < -0.4 is 4.72 Å². The van der Waals surface area contributed by atoms with Crippen molar-refractivity contribution >= 4 is 15.7 Å². The Labute approximate surface area is 134 Å². The second-order valence-corrected chi connectivity index (χ2v) is 6.77. The standard InChI is InChI=1S/C16H15N3O3S/c1-12-17-18-16(22-12)14-7-9-15(10-8-14)19-23(20,21)11-13-5-3-2-4-6-13/h2-10,19H,11H2,1H3. The Hall–Kier alpha value is -2.67. The number of rotatable bonds is 5. The summed E-state index contributed by atoms with van der Waals surface area (Å²) in [4.78, 5) is 0. The highest BCUT2D eigenvalue weighted by molar-refractivity contribution is 7.91. The van der Waals surface area contributed by atoms with Crippen molar-refractivity contribution in [1.82, 2.24) is 10.2 Å². The minimum Gasteiger partial charge on any atom is -0.421 e. The van der Waals surface area contributed by atoms with Crippen LogP contribution in [0.1, 0.15) is 11.5 Å². The van der Waals surface area contributed by atoms with Crippen molar-refractivity contribution in [2.75, 3.05) is 4.72 Å². The fourth-order valence-corrected chi connectivity index (χ4v) is 3.30. The van der Waals surface area contributed by atoms with Gasteiger partial charge in [-0.1, -0.05) is 30.3 Å². The fourth-order valence-electron chi connectivity index (χ4n) is 2.10. The summed E-state index contributed by atoms with van der Waals surface area (Å²) in [5.74, 6) is 0.812. The van der Waals surface area contributed by atoms with Gasteiger partial charge in [-0.15, -0.1) is 10.2 Å². The monoisotopic (exact) mass is 329 g/mol. The van der Waals surface area contributed by atoms with E-state index in [1.807, 2.05) is 18.2 Å². The van der Waals surface area contributed by atoms with E-state index < -0.39 is 10.0 Å². The van der Waals surface area contributed by atoms with Gasteiger partial charge in [0.15, 0.2) is 0 Å². The average molecular weight is 329 g/mol. The van der Waals surface area contributed by atoms with Crippen LogP contribution in [0.5, 0.6) is 0 Å². The molecule has 3 rings (SSSR count). The minimum absolute atomic E-state index is 0.0710. The number of sulfonamides is 1. The van der Waals surface area contributed by atoms with Crippen LogP contribution in [-0.4, -0.2) is 18.6 Å². The predicted octanol–water partition coefficient (Wildman–Crippen LogP) is 2.99. The Morgan fingerprint density at radius 1 is 1.00 bits per heavy atom. The molecule has 1 aromatic heterocycles. The van der Waals surface area contributed by atoms with Crippen LogP contribution in [-0.2, 0) is 15.8 Å². The Balaban J connectivity index is 1.72. The third-order valence-corrected chi connectivity index (χ3v) is 4.39. The number of aromatic nitrogens is 2. The summed E-state index contributed by atoms with van der Waals surface area (Å²) in [7, 11) is -3.46. The number of nitrogens with one attached hydrogen (secondary N) is 1. The predicted molar refractivity (Wildman–Crippen MR) is 87.2 cm³/mol. The number of anilines is 1. The second-order valence-electron chi connectivity index (χ2n) is 5.05. The molecular weight excluding hydrogens is 314 g/mol. The molecule has 0 saturated heterocycles. The van der Waals surface area contributed by atoms with Crippen LogP contribution in [0.3, 0.4) is 0 Å². The van der Waals surface area contributed by atoms with E-state index in [0.29, 0.717) is 17.5 Å². The molecule has 0 aliphatic carbocycles. The van der Waals surface area contributed by atoms with Gasteiger partial charge in [0.25, 0.3) is 0 Å². The van der Waals surface area contributed by atoms with Gasteiger partial charge in [0.05, 0.1) is 5.75 Å². The van der Waals surface area contributed by atoms with E-state index in [4.69, 9.17) is 4.42 Å². The first-order chi connectivity index (χ1) is 11.0. The molecule has 0 aliphatic rings. The highest BCUT2D eigenvalue weighted by atomic mass is 32.2. The van der Waals surface area contributed by atoms with Crippen molar-refractivity contribution in [3.8, 4) is 11.5 Å². The third kappa shape index (κ3) is 3.95. The fraction of sp³-hybridized carbons (Fsp3) is 0.125. The summed E-state index contributed by atoms with van der Waals surface area (Å²) in [5, 5.41) is 7.68. The lowest BCUT2D eigenvalue weighted by molar-refractivity contribution is 0.533. The lowest BCUT2D eigenvalue weighted by atomic mass is 10.2. The minimum atomic E-state index is -3.46. The molecule has 0 saturated carbocycles. The van der Waals surface area contributed by atoms with E-state index in [1.165, 1.54) is 0 Å². The molecule has 0 fully saturated rings. The maximum atomic E-state index is 12.2. The molecule has 23 heavy (non-hydrogen) atoms. The van der Waals surface area contributed by atoms with E-state index >= 15 is 0 Å². The molecule has 3 aromatic rings. The number of nitrogens with zero attached hydrogens (tertiary/aromatic N) is 2. The molecule has 0 aliphatic heterocycles. The Bertz CT molecular complexity index is 888. The van der Waals surface area contributed by atoms with Crippen LogP contribution >= 0.6 is 0 Å². The van der Waals surface area contributed by atoms with Gasteiger partial charge in [0, 0.05) is 18.2 Å². The first-order valence-corrected chi connectivity index (χ1v) is 8.62. The van der Waals surface area contributed by atoms with Gasteiger partial charge >= 0.3 is 0 Å². The van der Waals surface area contributed by atoms with Gasteiger partial charge in [-0.25, -0.2) is 8.42 Å². The first-order valence-electron chi connectivity index (χ1n) is 6.97. The molecule has 0 atom stereocenters. The number of hydrogen-bond acceptors (Lipinski definition) is 5. The van der Waals surface area contributed by atoms with E-state index in [0.717, 1.165) is 11.1 Å². The van der Waals surface area contributed by atoms with Crippen LogP contribution in [0.2, 0.25) is 0 Å². The molecule has 0 bridgehead atoms. The maximum absolute atomic E-state index is 12.2. The zero-order valence-electron chi connectivity index (χ0n) is 12.4. The molecular formula is C16H15N3O3S. The topological polar surface area (TPSA) is 85.1 Å².